The van der Waals surface area contributed by atoms with Crippen molar-refractivity contribution in [2.45, 2.75) is 19.5 Å². The molecule has 29 heavy (non-hydrogen) atoms. The van der Waals surface area contributed by atoms with Crippen molar-refractivity contribution < 1.29 is 9.18 Å². The van der Waals surface area contributed by atoms with Gasteiger partial charge >= 0.3 is 0 Å². The van der Waals surface area contributed by atoms with Crippen molar-refractivity contribution in [1.29, 1.82) is 0 Å². The maximum absolute atomic E-state index is 13.1. The highest BCUT2D eigenvalue weighted by atomic mass is 19.1. The summed E-state index contributed by atoms with van der Waals surface area (Å²) in [5, 5.41) is 5.50. The van der Waals surface area contributed by atoms with Gasteiger partial charge in [0.25, 0.3) is 5.56 Å². The Labute approximate surface area is 168 Å². The fourth-order valence-electron chi connectivity index (χ4n) is 3.69. The third-order valence-corrected chi connectivity index (χ3v) is 5.31. The Morgan fingerprint density at radius 3 is 2.62 bits per heavy atom. The van der Waals surface area contributed by atoms with E-state index in [1.807, 2.05) is 12.1 Å². The molecule has 2 aromatic carbocycles. The first-order chi connectivity index (χ1) is 14.1. The second-order valence-electron chi connectivity index (χ2n) is 7.33. The predicted octanol–water partition coefficient (Wildman–Crippen LogP) is 2.27. The van der Waals surface area contributed by atoms with Gasteiger partial charge in [-0.1, -0.05) is 30.3 Å². The molecule has 4 rings (SSSR count). The number of amides is 1. The summed E-state index contributed by atoms with van der Waals surface area (Å²) in [6, 6.07) is 13.8. The van der Waals surface area contributed by atoms with E-state index >= 15 is 0 Å². The molecule has 2 heterocycles. The van der Waals surface area contributed by atoms with Crippen LogP contribution in [0.1, 0.15) is 12.0 Å². The molecule has 1 aliphatic heterocycles. The van der Waals surface area contributed by atoms with E-state index in [1.165, 1.54) is 16.8 Å². The van der Waals surface area contributed by atoms with Crippen LogP contribution in [0.2, 0.25) is 0 Å². The van der Waals surface area contributed by atoms with Gasteiger partial charge in [-0.05, 0) is 30.2 Å². The van der Waals surface area contributed by atoms with E-state index < -0.39 is 0 Å². The number of carbonyl (C=O) groups is 1. The van der Waals surface area contributed by atoms with E-state index in [0.717, 1.165) is 37.0 Å². The van der Waals surface area contributed by atoms with Gasteiger partial charge in [-0.25, -0.2) is 9.07 Å². The van der Waals surface area contributed by atoms with E-state index in [-0.39, 0.29) is 23.8 Å². The normalized spacial score (nSPS) is 15.4. The molecule has 0 aliphatic carbocycles. The number of rotatable bonds is 4. The molecule has 0 spiro atoms. The number of hydrogen-bond donors (Lipinski definition) is 0. The SMILES string of the molecule is O=C(Cn1ncc2ccccc2c1=O)N1CCCN(Cc2ccc(F)cc2)CC1. The molecular formula is C22H23FN4O2. The second kappa shape index (κ2) is 8.53. The van der Waals surface area contributed by atoms with Crippen molar-refractivity contribution in [3.63, 3.8) is 0 Å². The molecule has 1 saturated heterocycles. The molecule has 0 radical (unpaired) electrons. The van der Waals surface area contributed by atoms with E-state index in [9.17, 15) is 14.0 Å². The van der Waals surface area contributed by atoms with Crippen LogP contribution in [-0.4, -0.2) is 51.7 Å². The second-order valence-corrected chi connectivity index (χ2v) is 7.33. The maximum Gasteiger partial charge on any atom is 0.275 e. The zero-order valence-corrected chi connectivity index (χ0v) is 16.1. The standard InChI is InChI=1S/C22H23FN4O2/c23-19-8-6-17(7-9-19)15-25-10-3-11-26(13-12-25)21(28)16-27-22(29)20-5-2-1-4-18(20)14-24-27/h1-2,4-9,14H,3,10-13,15-16H2. The van der Waals surface area contributed by atoms with Crippen LogP contribution in [0.4, 0.5) is 4.39 Å². The van der Waals surface area contributed by atoms with Crippen LogP contribution < -0.4 is 5.56 Å². The molecule has 0 N–H and O–H groups in total. The molecule has 0 saturated carbocycles. The lowest BCUT2D eigenvalue weighted by Crippen LogP contribution is -2.39. The van der Waals surface area contributed by atoms with Crippen LogP contribution in [0.3, 0.4) is 0 Å². The zero-order valence-electron chi connectivity index (χ0n) is 16.1. The van der Waals surface area contributed by atoms with Crippen molar-refractivity contribution >= 4 is 16.7 Å². The molecule has 3 aromatic rings. The molecule has 1 fully saturated rings. The molecule has 1 aromatic heterocycles. The lowest BCUT2D eigenvalue weighted by atomic mass is 10.2. The number of aromatic nitrogens is 2. The summed E-state index contributed by atoms with van der Waals surface area (Å²) in [7, 11) is 0. The quantitative estimate of drug-likeness (QED) is 0.681. The minimum absolute atomic E-state index is 0.0539. The Bertz CT molecular complexity index is 1060. The average Bonchev–Trinajstić information content (AvgIpc) is 2.98. The summed E-state index contributed by atoms with van der Waals surface area (Å²) in [5.74, 6) is -0.336. The predicted molar refractivity (Wildman–Crippen MR) is 109 cm³/mol. The highest BCUT2D eigenvalue weighted by Gasteiger charge is 2.20. The van der Waals surface area contributed by atoms with Crippen LogP contribution in [0, 0.1) is 5.82 Å². The van der Waals surface area contributed by atoms with Crippen molar-refractivity contribution in [1.82, 2.24) is 19.6 Å². The van der Waals surface area contributed by atoms with Crippen molar-refractivity contribution in [3.05, 3.63) is 76.5 Å². The molecule has 1 aliphatic rings. The van der Waals surface area contributed by atoms with Crippen LogP contribution >= 0.6 is 0 Å². The van der Waals surface area contributed by atoms with Gasteiger partial charge in [0.1, 0.15) is 12.4 Å². The number of nitrogens with zero attached hydrogens (tertiary/aromatic N) is 4. The first-order valence-corrected chi connectivity index (χ1v) is 9.79. The number of benzene rings is 2. The third-order valence-electron chi connectivity index (χ3n) is 5.31. The molecule has 7 heteroatoms. The van der Waals surface area contributed by atoms with Crippen molar-refractivity contribution in [3.8, 4) is 0 Å². The largest absolute Gasteiger partial charge is 0.340 e. The van der Waals surface area contributed by atoms with E-state index in [4.69, 9.17) is 0 Å². The first kappa shape index (κ1) is 19.3. The monoisotopic (exact) mass is 394 g/mol. The summed E-state index contributed by atoms with van der Waals surface area (Å²) in [6.45, 7) is 3.54. The summed E-state index contributed by atoms with van der Waals surface area (Å²) in [4.78, 5) is 29.4. The van der Waals surface area contributed by atoms with Gasteiger partial charge in [-0.2, -0.15) is 5.10 Å². The Kier molecular flexibility index (Phi) is 5.67. The lowest BCUT2D eigenvalue weighted by molar-refractivity contribution is -0.132. The average molecular weight is 394 g/mol. The van der Waals surface area contributed by atoms with Crippen LogP contribution in [0.25, 0.3) is 10.8 Å². The summed E-state index contributed by atoms with van der Waals surface area (Å²) >= 11 is 0. The number of fused-ring (bicyclic) bond motifs is 1. The highest BCUT2D eigenvalue weighted by molar-refractivity contribution is 5.81. The Morgan fingerprint density at radius 1 is 1.00 bits per heavy atom. The Balaban J connectivity index is 1.39. The van der Waals surface area contributed by atoms with Gasteiger partial charge in [-0.3, -0.25) is 14.5 Å². The Hall–Kier alpha value is -3.06. The number of halogens is 1. The third kappa shape index (κ3) is 4.51. The van der Waals surface area contributed by atoms with E-state index in [2.05, 4.69) is 10.00 Å². The van der Waals surface area contributed by atoms with Gasteiger partial charge in [-0.15, -0.1) is 0 Å². The van der Waals surface area contributed by atoms with Crippen molar-refractivity contribution in [2.24, 2.45) is 0 Å². The fourth-order valence-corrected chi connectivity index (χ4v) is 3.69. The van der Waals surface area contributed by atoms with Crippen molar-refractivity contribution in [2.75, 3.05) is 26.2 Å². The van der Waals surface area contributed by atoms with Crippen LogP contribution in [-0.2, 0) is 17.9 Å². The van der Waals surface area contributed by atoms with Gasteiger partial charge in [0, 0.05) is 38.1 Å². The molecule has 1 amide bonds. The van der Waals surface area contributed by atoms with Crippen LogP contribution in [0.15, 0.2) is 59.5 Å². The number of carbonyl (C=O) groups excluding carboxylic acids is 1. The molecule has 6 nitrogen and oxygen atoms in total. The van der Waals surface area contributed by atoms with Gasteiger partial charge in [0.05, 0.1) is 11.6 Å². The van der Waals surface area contributed by atoms with Gasteiger partial charge in [0.2, 0.25) is 5.91 Å². The summed E-state index contributed by atoms with van der Waals surface area (Å²) < 4.78 is 14.3. The van der Waals surface area contributed by atoms with Gasteiger partial charge in [0.15, 0.2) is 0 Å². The molecule has 0 unspecified atom stereocenters. The topological polar surface area (TPSA) is 58.4 Å². The highest BCUT2D eigenvalue weighted by Crippen LogP contribution is 2.11. The fraction of sp³-hybridized carbons (Fsp3) is 0.318. The smallest absolute Gasteiger partial charge is 0.275 e. The summed E-state index contributed by atoms with van der Waals surface area (Å²) in [6.07, 6.45) is 2.48. The van der Waals surface area contributed by atoms with E-state index in [1.54, 1.807) is 35.4 Å². The minimum Gasteiger partial charge on any atom is -0.340 e. The van der Waals surface area contributed by atoms with E-state index in [0.29, 0.717) is 18.5 Å². The number of hydrogen-bond acceptors (Lipinski definition) is 4. The van der Waals surface area contributed by atoms with Gasteiger partial charge < -0.3 is 4.90 Å². The maximum atomic E-state index is 13.1. The lowest BCUT2D eigenvalue weighted by Gasteiger charge is -2.22. The molecular weight excluding hydrogens is 371 g/mol. The summed E-state index contributed by atoms with van der Waals surface area (Å²) in [5.41, 5.74) is 0.808. The Morgan fingerprint density at radius 2 is 1.79 bits per heavy atom. The zero-order chi connectivity index (χ0) is 20.2. The minimum atomic E-state index is -0.246. The first-order valence-electron chi connectivity index (χ1n) is 9.79. The molecule has 150 valence electrons. The van der Waals surface area contributed by atoms with Crippen LogP contribution in [0.5, 0.6) is 0 Å². The molecule has 0 bridgehead atoms. The molecule has 0 atom stereocenters.